The zero-order valence-corrected chi connectivity index (χ0v) is 12.9. The van der Waals surface area contributed by atoms with Gasteiger partial charge in [-0.1, -0.05) is 19.1 Å². The van der Waals surface area contributed by atoms with Gasteiger partial charge >= 0.3 is 0 Å². The lowest BCUT2D eigenvalue weighted by Crippen LogP contribution is -2.41. The number of nitrogens with one attached hydrogen (secondary N) is 1. The molecule has 0 saturated carbocycles. The van der Waals surface area contributed by atoms with Crippen molar-refractivity contribution in [3.63, 3.8) is 0 Å². The maximum absolute atomic E-state index is 6.04. The number of hydrogen-bond donors (Lipinski definition) is 1. The van der Waals surface area contributed by atoms with Gasteiger partial charge < -0.3 is 14.8 Å². The summed E-state index contributed by atoms with van der Waals surface area (Å²) < 4.78 is 11.6. The van der Waals surface area contributed by atoms with Crippen molar-refractivity contribution in [2.45, 2.75) is 51.7 Å². The van der Waals surface area contributed by atoms with Gasteiger partial charge in [0.1, 0.15) is 5.75 Å². The van der Waals surface area contributed by atoms with E-state index in [1.807, 2.05) is 6.92 Å². The Bertz CT molecular complexity index is 396. The summed E-state index contributed by atoms with van der Waals surface area (Å²) in [5.74, 6) is 0.933. The first-order chi connectivity index (χ1) is 9.69. The smallest absolute Gasteiger partial charge is 0.119 e. The maximum atomic E-state index is 6.04. The summed E-state index contributed by atoms with van der Waals surface area (Å²) in [6.45, 7) is 9.02. The van der Waals surface area contributed by atoms with Gasteiger partial charge in [-0.15, -0.1) is 0 Å². The molecule has 20 heavy (non-hydrogen) atoms. The van der Waals surface area contributed by atoms with E-state index in [2.05, 4.69) is 43.4 Å². The molecule has 0 aromatic heterocycles. The van der Waals surface area contributed by atoms with Crippen molar-refractivity contribution in [3.8, 4) is 5.75 Å². The van der Waals surface area contributed by atoms with Crippen LogP contribution in [0, 0.1) is 0 Å². The molecule has 1 N–H and O–H groups in total. The number of hydrogen-bond acceptors (Lipinski definition) is 3. The lowest BCUT2D eigenvalue weighted by Gasteiger charge is -2.34. The van der Waals surface area contributed by atoms with Crippen LogP contribution in [0.4, 0.5) is 0 Å². The van der Waals surface area contributed by atoms with Crippen LogP contribution in [0.2, 0.25) is 0 Å². The molecule has 0 aliphatic carbocycles. The first kappa shape index (κ1) is 15.3. The first-order valence-electron chi connectivity index (χ1n) is 7.79. The molecule has 3 heteroatoms. The Morgan fingerprint density at radius 1 is 1.30 bits per heavy atom. The molecule has 1 aliphatic rings. The molecule has 1 aliphatic heterocycles. The third kappa shape index (κ3) is 3.53. The molecule has 2 atom stereocenters. The van der Waals surface area contributed by atoms with E-state index in [-0.39, 0.29) is 11.6 Å². The van der Waals surface area contributed by atoms with Crippen molar-refractivity contribution < 1.29 is 9.47 Å². The zero-order valence-electron chi connectivity index (χ0n) is 12.9. The molecule has 1 fully saturated rings. The van der Waals surface area contributed by atoms with Crippen molar-refractivity contribution in [1.29, 1.82) is 0 Å². The first-order valence-corrected chi connectivity index (χ1v) is 7.79. The van der Waals surface area contributed by atoms with Crippen molar-refractivity contribution >= 4 is 0 Å². The van der Waals surface area contributed by atoms with Crippen LogP contribution >= 0.6 is 0 Å². The minimum absolute atomic E-state index is 0.0949. The topological polar surface area (TPSA) is 30.5 Å². The van der Waals surface area contributed by atoms with Crippen LogP contribution in [0.5, 0.6) is 5.75 Å². The molecule has 1 aromatic carbocycles. The van der Waals surface area contributed by atoms with Crippen LogP contribution in [-0.2, 0) is 4.74 Å². The largest absolute Gasteiger partial charge is 0.494 e. The Balaban J connectivity index is 2.16. The Morgan fingerprint density at radius 3 is 2.60 bits per heavy atom. The number of ether oxygens (including phenoxy) is 2. The maximum Gasteiger partial charge on any atom is 0.119 e. The van der Waals surface area contributed by atoms with Gasteiger partial charge in [0, 0.05) is 6.61 Å². The van der Waals surface area contributed by atoms with Gasteiger partial charge in [-0.3, -0.25) is 0 Å². The van der Waals surface area contributed by atoms with Crippen molar-refractivity contribution in [2.75, 3.05) is 19.8 Å². The third-order valence-corrected chi connectivity index (χ3v) is 3.98. The fourth-order valence-corrected chi connectivity index (χ4v) is 2.93. The molecule has 0 radical (unpaired) electrons. The molecule has 0 bridgehead atoms. The van der Waals surface area contributed by atoms with Crippen molar-refractivity contribution in [3.05, 3.63) is 29.8 Å². The van der Waals surface area contributed by atoms with Crippen LogP contribution in [0.3, 0.4) is 0 Å². The van der Waals surface area contributed by atoms with Gasteiger partial charge in [-0.05, 0) is 57.4 Å². The van der Waals surface area contributed by atoms with Crippen molar-refractivity contribution in [1.82, 2.24) is 5.32 Å². The standard InChI is InChI=1S/C17H27NO2/c1-4-12-18-16(17(3)11-6-13-20-17)14-7-9-15(10-8-14)19-5-2/h7-10,16,18H,4-6,11-13H2,1-3H3. The van der Waals surface area contributed by atoms with Gasteiger partial charge in [0.15, 0.2) is 0 Å². The lowest BCUT2D eigenvalue weighted by atomic mass is 9.87. The van der Waals surface area contributed by atoms with E-state index >= 15 is 0 Å². The Labute approximate surface area is 122 Å². The summed E-state index contributed by atoms with van der Waals surface area (Å²) in [4.78, 5) is 0. The summed E-state index contributed by atoms with van der Waals surface area (Å²) in [6, 6.07) is 8.67. The molecule has 1 aromatic rings. The van der Waals surface area contributed by atoms with Gasteiger partial charge in [-0.2, -0.15) is 0 Å². The van der Waals surface area contributed by atoms with E-state index in [9.17, 15) is 0 Å². The van der Waals surface area contributed by atoms with Crippen LogP contribution < -0.4 is 10.1 Å². The van der Waals surface area contributed by atoms with E-state index in [1.54, 1.807) is 0 Å². The normalized spacial score (nSPS) is 23.8. The average Bonchev–Trinajstić information content (AvgIpc) is 2.89. The van der Waals surface area contributed by atoms with Gasteiger partial charge in [0.25, 0.3) is 0 Å². The zero-order chi connectivity index (χ0) is 14.4. The SMILES string of the molecule is CCCNC(c1ccc(OCC)cc1)C1(C)CCCO1. The fraction of sp³-hybridized carbons (Fsp3) is 0.647. The molecule has 0 amide bonds. The monoisotopic (exact) mass is 277 g/mol. The van der Waals surface area contributed by atoms with E-state index in [1.165, 1.54) is 5.56 Å². The van der Waals surface area contributed by atoms with Crippen LogP contribution in [-0.4, -0.2) is 25.4 Å². The summed E-state index contributed by atoms with van der Waals surface area (Å²) in [5, 5.41) is 3.65. The minimum atomic E-state index is -0.0949. The van der Waals surface area contributed by atoms with E-state index in [0.717, 1.165) is 38.2 Å². The minimum Gasteiger partial charge on any atom is -0.494 e. The third-order valence-electron chi connectivity index (χ3n) is 3.98. The lowest BCUT2D eigenvalue weighted by molar-refractivity contribution is -0.0124. The number of rotatable bonds is 7. The van der Waals surface area contributed by atoms with Crippen LogP contribution in [0.15, 0.2) is 24.3 Å². The van der Waals surface area contributed by atoms with E-state index < -0.39 is 0 Å². The summed E-state index contributed by atoms with van der Waals surface area (Å²) in [5.41, 5.74) is 1.19. The van der Waals surface area contributed by atoms with Crippen molar-refractivity contribution in [2.24, 2.45) is 0 Å². The average molecular weight is 277 g/mol. The molecule has 0 spiro atoms. The molecule has 2 unspecified atom stereocenters. The molecule has 1 heterocycles. The molecule has 1 saturated heterocycles. The van der Waals surface area contributed by atoms with E-state index in [4.69, 9.17) is 9.47 Å². The second kappa shape index (κ2) is 7.09. The van der Waals surface area contributed by atoms with Gasteiger partial charge in [-0.25, -0.2) is 0 Å². The fourth-order valence-electron chi connectivity index (χ4n) is 2.93. The second-order valence-corrected chi connectivity index (χ2v) is 5.65. The highest BCUT2D eigenvalue weighted by Gasteiger charge is 2.38. The quantitative estimate of drug-likeness (QED) is 0.824. The Morgan fingerprint density at radius 2 is 2.05 bits per heavy atom. The predicted octanol–water partition coefficient (Wildman–Crippen LogP) is 3.70. The molecule has 2 rings (SSSR count). The highest BCUT2D eigenvalue weighted by molar-refractivity contribution is 5.31. The van der Waals surface area contributed by atoms with Gasteiger partial charge in [0.05, 0.1) is 18.2 Å². The Kier molecular flexibility index (Phi) is 5.44. The van der Waals surface area contributed by atoms with E-state index in [0.29, 0.717) is 6.61 Å². The van der Waals surface area contributed by atoms with Gasteiger partial charge in [0.2, 0.25) is 0 Å². The highest BCUT2D eigenvalue weighted by atomic mass is 16.5. The summed E-state index contributed by atoms with van der Waals surface area (Å²) in [6.07, 6.45) is 3.39. The molecule has 3 nitrogen and oxygen atoms in total. The van der Waals surface area contributed by atoms with Crippen LogP contribution in [0.25, 0.3) is 0 Å². The highest BCUT2D eigenvalue weighted by Crippen LogP contribution is 2.37. The molecular formula is C17H27NO2. The summed E-state index contributed by atoms with van der Waals surface area (Å²) >= 11 is 0. The second-order valence-electron chi connectivity index (χ2n) is 5.65. The molecule has 112 valence electrons. The Hall–Kier alpha value is -1.06. The molecular weight excluding hydrogens is 250 g/mol. The predicted molar refractivity (Wildman–Crippen MR) is 82.2 cm³/mol. The van der Waals surface area contributed by atoms with Crippen LogP contribution in [0.1, 0.15) is 51.6 Å². The number of benzene rings is 1. The summed E-state index contributed by atoms with van der Waals surface area (Å²) in [7, 11) is 0.